The standard InChI is InChI=1S/C3H7IOS2/c1-2-3-5-7(4)6/h2-3H2,1H3. The molecule has 0 aliphatic heterocycles. The summed E-state index contributed by atoms with van der Waals surface area (Å²) in [6.07, 6.45) is 1.06. The van der Waals surface area contributed by atoms with E-state index in [1.807, 2.05) is 0 Å². The van der Waals surface area contributed by atoms with E-state index in [2.05, 4.69) is 28.1 Å². The lowest BCUT2D eigenvalue weighted by Crippen LogP contribution is -1.87. The highest BCUT2D eigenvalue weighted by atomic mass is 127. The summed E-state index contributed by atoms with van der Waals surface area (Å²) in [6.45, 7) is 2.61. The van der Waals surface area contributed by atoms with E-state index in [0.29, 0.717) is 0 Å². The zero-order valence-electron chi connectivity index (χ0n) is 4.02. The maximum absolute atomic E-state index is 5.02. The van der Waals surface area contributed by atoms with Crippen LogP contribution >= 0.6 is 21.2 Å². The van der Waals surface area contributed by atoms with Crippen LogP contribution in [0.15, 0.2) is 0 Å². The van der Waals surface area contributed by atoms with E-state index >= 15 is 0 Å². The Kier molecular flexibility index (Phi) is 6.37. The molecular weight excluding hydrogens is 243 g/mol. The van der Waals surface area contributed by atoms with Gasteiger partial charge >= 0.3 is 0 Å². The number of rotatable bonds is 3. The van der Waals surface area contributed by atoms with Gasteiger partial charge < -0.3 is 4.18 Å². The van der Waals surface area contributed by atoms with Gasteiger partial charge in [-0.05, 0) is 17.6 Å². The molecule has 0 aliphatic carbocycles. The third kappa shape index (κ3) is 7.26. The Bertz CT molecular complexity index is 66.0. The summed E-state index contributed by atoms with van der Waals surface area (Å²) in [6, 6.07) is 0. The van der Waals surface area contributed by atoms with E-state index in [1.54, 1.807) is 0 Å². The van der Waals surface area contributed by atoms with Crippen LogP contribution in [-0.2, 0) is 22.3 Å². The maximum Gasteiger partial charge on any atom is 0.0714 e. The van der Waals surface area contributed by atoms with Gasteiger partial charge in [-0.2, -0.15) is 0 Å². The Balaban J connectivity index is 2.82. The SMILES string of the molecule is CCCOS(=S)I. The van der Waals surface area contributed by atoms with Crippen LogP contribution in [-0.4, -0.2) is 6.61 Å². The minimum Gasteiger partial charge on any atom is -0.304 e. The molecule has 0 aliphatic rings. The van der Waals surface area contributed by atoms with Crippen molar-refractivity contribution in [2.75, 3.05) is 6.61 Å². The van der Waals surface area contributed by atoms with Crippen molar-refractivity contribution in [3.8, 4) is 0 Å². The van der Waals surface area contributed by atoms with E-state index < -0.39 is 0 Å². The molecule has 0 amide bonds. The molecule has 0 saturated heterocycles. The minimum absolute atomic E-state index is 0.262. The molecule has 44 valence electrons. The van der Waals surface area contributed by atoms with Crippen molar-refractivity contribution < 1.29 is 4.18 Å². The second-order valence-corrected chi connectivity index (χ2v) is 6.74. The van der Waals surface area contributed by atoms with Gasteiger partial charge in [0.1, 0.15) is 0 Å². The van der Waals surface area contributed by atoms with Gasteiger partial charge in [0.05, 0.1) is 13.5 Å². The highest BCUT2D eigenvalue weighted by Gasteiger charge is 1.82. The van der Waals surface area contributed by atoms with Crippen LogP contribution in [0.3, 0.4) is 0 Å². The first kappa shape index (κ1) is 8.26. The molecule has 1 unspecified atom stereocenters. The van der Waals surface area contributed by atoms with Crippen molar-refractivity contribution in [1.29, 1.82) is 0 Å². The highest BCUT2D eigenvalue weighted by Crippen LogP contribution is 1.96. The predicted octanol–water partition coefficient (Wildman–Crippen LogP) is 1.76. The number of hydrogen-bond donors (Lipinski definition) is 0. The van der Waals surface area contributed by atoms with Crippen LogP contribution in [0.25, 0.3) is 0 Å². The van der Waals surface area contributed by atoms with Gasteiger partial charge in [0, 0.05) is 21.2 Å². The van der Waals surface area contributed by atoms with Crippen LogP contribution in [0.2, 0.25) is 0 Å². The molecule has 0 spiro atoms. The molecule has 0 aromatic heterocycles. The maximum atomic E-state index is 5.02. The van der Waals surface area contributed by atoms with E-state index in [4.69, 9.17) is 15.4 Å². The van der Waals surface area contributed by atoms with Crippen molar-refractivity contribution in [3.63, 3.8) is 0 Å². The van der Waals surface area contributed by atoms with Gasteiger partial charge in [0.2, 0.25) is 0 Å². The molecule has 0 bridgehead atoms. The average Bonchev–Trinajstić information content (AvgIpc) is 1.61. The molecule has 1 nitrogen and oxygen atoms in total. The smallest absolute Gasteiger partial charge is 0.0714 e. The summed E-state index contributed by atoms with van der Waals surface area (Å²) in [5.41, 5.74) is 0. The minimum atomic E-state index is -0.262. The molecule has 0 aromatic carbocycles. The third-order valence-corrected chi connectivity index (χ3v) is 1.78. The van der Waals surface area contributed by atoms with Crippen molar-refractivity contribution in [1.82, 2.24) is 0 Å². The van der Waals surface area contributed by atoms with E-state index in [9.17, 15) is 0 Å². The van der Waals surface area contributed by atoms with Crippen LogP contribution in [0.1, 0.15) is 13.3 Å². The molecule has 1 atom stereocenters. The fourth-order valence-corrected chi connectivity index (χ4v) is 1.19. The van der Waals surface area contributed by atoms with Crippen molar-refractivity contribution in [2.24, 2.45) is 0 Å². The Labute approximate surface area is 63.2 Å². The molecule has 0 aromatic rings. The normalized spacial score (nSPS) is 14.0. The molecule has 0 rings (SSSR count). The molecule has 0 saturated carbocycles. The van der Waals surface area contributed by atoms with Crippen LogP contribution in [0.4, 0.5) is 0 Å². The van der Waals surface area contributed by atoms with Gasteiger partial charge in [0.15, 0.2) is 0 Å². The summed E-state index contributed by atoms with van der Waals surface area (Å²) < 4.78 is 5.02. The molecule has 0 N–H and O–H groups in total. The van der Waals surface area contributed by atoms with Gasteiger partial charge in [-0.15, -0.1) is 0 Å². The largest absolute Gasteiger partial charge is 0.304 e. The van der Waals surface area contributed by atoms with Crippen LogP contribution in [0, 0.1) is 0 Å². The third-order valence-electron chi connectivity index (χ3n) is 0.380. The second kappa shape index (κ2) is 5.40. The summed E-state index contributed by atoms with van der Waals surface area (Å²) in [4.78, 5) is 0. The fourth-order valence-electron chi connectivity index (χ4n) is 0.149. The highest BCUT2D eigenvalue weighted by molar-refractivity contribution is 14.2. The molecular formula is C3H7IOS2. The predicted molar refractivity (Wildman–Crippen MR) is 45.0 cm³/mol. The molecule has 0 heterocycles. The molecule has 7 heavy (non-hydrogen) atoms. The summed E-state index contributed by atoms with van der Waals surface area (Å²) in [5, 5.41) is 0. The zero-order valence-corrected chi connectivity index (χ0v) is 7.81. The lowest BCUT2D eigenvalue weighted by molar-refractivity contribution is 0.376. The average molecular weight is 250 g/mol. The Morgan fingerprint density at radius 3 is 2.57 bits per heavy atom. The van der Waals surface area contributed by atoms with Gasteiger partial charge in [0.25, 0.3) is 0 Å². The van der Waals surface area contributed by atoms with Crippen molar-refractivity contribution in [3.05, 3.63) is 0 Å². The van der Waals surface area contributed by atoms with Crippen LogP contribution < -0.4 is 0 Å². The monoisotopic (exact) mass is 250 g/mol. The zero-order chi connectivity index (χ0) is 5.70. The quantitative estimate of drug-likeness (QED) is 0.557. The van der Waals surface area contributed by atoms with Gasteiger partial charge in [-0.25, -0.2) is 0 Å². The topological polar surface area (TPSA) is 9.23 Å². The Morgan fingerprint density at radius 2 is 2.43 bits per heavy atom. The second-order valence-electron chi connectivity index (χ2n) is 1.02. The number of hydrogen-bond acceptors (Lipinski definition) is 2. The van der Waals surface area contributed by atoms with Crippen molar-refractivity contribution in [2.45, 2.75) is 13.3 Å². The van der Waals surface area contributed by atoms with Crippen LogP contribution in [0.5, 0.6) is 0 Å². The molecule has 0 radical (unpaired) electrons. The van der Waals surface area contributed by atoms with E-state index in [0.717, 1.165) is 13.0 Å². The Morgan fingerprint density at radius 1 is 1.86 bits per heavy atom. The lowest BCUT2D eigenvalue weighted by Gasteiger charge is -1.92. The van der Waals surface area contributed by atoms with E-state index in [1.165, 1.54) is 0 Å². The molecule has 0 fully saturated rings. The van der Waals surface area contributed by atoms with Gasteiger partial charge in [-0.1, -0.05) is 6.92 Å². The first-order valence-electron chi connectivity index (χ1n) is 1.98. The first-order chi connectivity index (χ1) is 3.27. The number of halogens is 1. The fraction of sp³-hybridized carbons (Fsp3) is 1.00. The first-order valence-corrected chi connectivity index (χ1v) is 6.60. The molecule has 4 heteroatoms. The summed E-state index contributed by atoms with van der Waals surface area (Å²) in [5.74, 6) is 0. The summed E-state index contributed by atoms with van der Waals surface area (Å²) >= 11 is 6.82. The lowest BCUT2D eigenvalue weighted by atomic mass is 10.5. The van der Waals surface area contributed by atoms with Gasteiger partial charge in [-0.3, -0.25) is 0 Å². The van der Waals surface area contributed by atoms with Crippen molar-refractivity contribution >= 4 is 39.3 Å². The summed E-state index contributed by atoms with van der Waals surface area (Å²) in [7, 11) is 0. The van der Waals surface area contributed by atoms with E-state index in [-0.39, 0.29) is 6.91 Å². The Hall–Kier alpha value is 1.26.